The molecule has 0 saturated carbocycles. The molecule has 0 saturated heterocycles. The van der Waals surface area contributed by atoms with Gasteiger partial charge in [-0.15, -0.1) is 0 Å². The van der Waals surface area contributed by atoms with E-state index in [0.717, 1.165) is 5.52 Å². The normalized spacial score (nSPS) is 11.9. The number of fused-ring (bicyclic) bond motifs is 1. The van der Waals surface area contributed by atoms with Gasteiger partial charge in [0.15, 0.2) is 11.5 Å². The summed E-state index contributed by atoms with van der Waals surface area (Å²) in [5, 5.41) is 13.3. The number of imidazole rings is 1. The van der Waals surface area contributed by atoms with Crippen LogP contribution >= 0.6 is 0 Å². The Morgan fingerprint density at radius 2 is 2.06 bits per heavy atom. The van der Waals surface area contributed by atoms with Crippen molar-refractivity contribution in [3.8, 4) is 0 Å². The van der Waals surface area contributed by atoms with Crippen LogP contribution in [0.3, 0.4) is 0 Å². The van der Waals surface area contributed by atoms with E-state index in [1.54, 1.807) is 6.33 Å². The number of hydrogen-bond acceptors (Lipinski definition) is 5. The van der Waals surface area contributed by atoms with Gasteiger partial charge in [-0.25, -0.2) is 15.0 Å². The van der Waals surface area contributed by atoms with E-state index in [1.807, 2.05) is 13.8 Å². The molecule has 0 unspecified atom stereocenters. The van der Waals surface area contributed by atoms with Gasteiger partial charge in [-0.05, 0) is 12.8 Å². The Kier molecular flexibility index (Phi) is 3.23. The lowest BCUT2D eigenvalue weighted by molar-refractivity contribution is 0.0456. The molecule has 0 spiro atoms. The third kappa shape index (κ3) is 2.36. The number of aromatic amines is 1. The van der Waals surface area contributed by atoms with E-state index in [1.165, 1.54) is 6.33 Å². The van der Waals surface area contributed by atoms with Crippen molar-refractivity contribution in [3.05, 3.63) is 12.7 Å². The van der Waals surface area contributed by atoms with Gasteiger partial charge in [-0.3, -0.25) is 0 Å². The van der Waals surface area contributed by atoms with Crippen LogP contribution in [0.5, 0.6) is 0 Å². The summed E-state index contributed by atoms with van der Waals surface area (Å²) in [6.45, 7) is 4.40. The smallest absolute Gasteiger partial charge is 0.182 e. The molecular weight excluding hydrogens is 218 g/mol. The molecule has 2 heterocycles. The van der Waals surface area contributed by atoms with Gasteiger partial charge in [0.2, 0.25) is 0 Å². The fraction of sp³-hybridized carbons (Fsp3) is 0.545. The largest absolute Gasteiger partial charge is 0.388 e. The molecule has 3 N–H and O–H groups in total. The van der Waals surface area contributed by atoms with Crippen LogP contribution in [0.4, 0.5) is 5.82 Å². The highest BCUT2D eigenvalue weighted by atomic mass is 16.3. The highest BCUT2D eigenvalue weighted by Gasteiger charge is 2.22. The predicted octanol–water partition coefficient (Wildman–Crippen LogP) is 1.32. The van der Waals surface area contributed by atoms with Crippen molar-refractivity contribution in [2.45, 2.75) is 32.3 Å². The van der Waals surface area contributed by atoms with E-state index in [2.05, 4.69) is 25.3 Å². The monoisotopic (exact) mass is 235 g/mol. The molecule has 0 aromatic carbocycles. The summed E-state index contributed by atoms with van der Waals surface area (Å²) in [5.41, 5.74) is 0.693. The number of nitrogens with zero attached hydrogens (tertiary/aromatic N) is 3. The average Bonchev–Trinajstić information content (AvgIpc) is 2.84. The lowest BCUT2D eigenvalue weighted by Gasteiger charge is -2.25. The summed E-state index contributed by atoms with van der Waals surface area (Å²) in [5.74, 6) is 0.674. The molecule has 2 aromatic heterocycles. The summed E-state index contributed by atoms with van der Waals surface area (Å²) < 4.78 is 0. The number of aromatic nitrogens is 4. The lowest BCUT2D eigenvalue weighted by atomic mass is 9.98. The highest BCUT2D eigenvalue weighted by molar-refractivity contribution is 5.81. The molecule has 6 nitrogen and oxygen atoms in total. The fourth-order valence-electron chi connectivity index (χ4n) is 1.65. The van der Waals surface area contributed by atoms with Crippen LogP contribution in [0.2, 0.25) is 0 Å². The Labute approximate surface area is 99.5 Å². The van der Waals surface area contributed by atoms with Crippen molar-refractivity contribution in [1.82, 2.24) is 19.9 Å². The fourth-order valence-corrected chi connectivity index (χ4v) is 1.65. The third-order valence-corrected chi connectivity index (χ3v) is 3.12. The molecular formula is C11H17N5O. The standard InChI is InChI=1S/C11H17N5O/c1-3-11(17,4-2)5-12-9-8-10(14-6-13-8)16-7-15-9/h6-7,17H,3-5H2,1-2H3,(H2,12,13,14,15,16). The minimum absolute atomic E-state index is 0.463. The summed E-state index contributed by atoms with van der Waals surface area (Å²) in [7, 11) is 0. The molecule has 0 aliphatic rings. The number of aliphatic hydroxyl groups is 1. The zero-order valence-corrected chi connectivity index (χ0v) is 10.1. The van der Waals surface area contributed by atoms with Crippen LogP contribution < -0.4 is 5.32 Å². The van der Waals surface area contributed by atoms with Gasteiger partial charge in [-0.1, -0.05) is 13.8 Å². The minimum Gasteiger partial charge on any atom is -0.388 e. The Balaban J connectivity index is 2.16. The summed E-state index contributed by atoms with van der Waals surface area (Å²) in [6.07, 6.45) is 4.44. The van der Waals surface area contributed by atoms with Gasteiger partial charge in [0.1, 0.15) is 11.8 Å². The van der Waals surface area contributed by atoms with Gasteiger partial charge in [0, 0.05) is 6.54 Å². The quantitative estimate of drug-likeness (QED) is 0.727. The number of rotatable bonds is 5. The summed E-state index contributed by atoms with van der Waals surface area (Å²) >= 11 is 0. The number of hydrogen-bond donors (Lipinski definition) is 3. The molecule has 0 aliphatic heterocycles. The number of anilines is 1. The van der Waals surface area contributed by atoms with E-state index < -0.39 is 5.60 Å². The van der Waals surface area contributed by atoms with E-state index >= 15 is 0 Å². The molecule has 6 heteroatoms. The molecule has 92 valence electrons. The molecule has 17 heavy (non-hydrogen) atoms. The van der Waals surface area contributed by atoms with E-state index in [0.29, 0.717) is 30.9 Å². The molecule has 0 amide bonds. The van der Waals surface area contributed by atoms with Gasteiger partial charge in [-0.2, -0.15) is 0 Å². The summed E-state index contributed by atoms with van der Waals surface area (Å²) in [4.78, 5) is 15.2. The molecule has 0 fully saturated rings. The molecule has 0 bridgehead atoms. The molecule has 0 atom stereocenters. The predicted molar refractivity (Wildman–Crippen MR) is 65.7 cm³/mol. The molecule has 2 aromatic rings. The topological polar surface area (TPSA) is 86.7 Å². The maximum Gasteiger partial charge on any atom is 0.182 e. The van der Waals surface area contributed by atoms with E-state index in [4.69, 9.17) is 0 Å². The Hall–Kier alpha value is -1.69. The van der Waals surface area contributed by atoms with Crippen molar-refractivity contribution in [1.29, 1.82) is 0 Å². The minimum atomic E-state index is -0.697. The first-order valence-corrected chi connectivity index (χ1v) is 5.79. The van der Waals surface area contributed by atoms with Crippen LogP contribution in [0.15, 0.2) is 12.7 Å². The van der Waals surface area contributed by atoms with Crippen LogP contribution in [0, 0.1) is 0 Å². The summed E-state index contributed by atoms with van der Waals surface area (Å²) in [6, 6.07) is 0. The lowest BCUT2D eigenvalue weighted by Crippen LogP contribution is -2.35. The van der Waals surface area contributed by atoms with Crippen LogP contribution in [0.1, 0.15) is 26.7 Å². The molecule has 0 aliphatic carbocycles. The van der Waals surface area contributed by atoms with Crippen LogP contribution in [-0.2, 0) is 0 Å². The van der Waals surface area contributed by atoms with E-state index in [9.17, 15) is 5.11 Å². The number of H-pyrrole nitrogens is 1. The van der Waals surface area contributed by atoms with Crippen molar-refractivity contribution in [2.75, 3.05) is 11.9 Å². The van der Waals surface area contributed by atoms with Crippen LogP contribution in [-0.4, -0.2) is 37.2 Å². The molecule has 0 radical (unpaired) electrons. The molecule has 2 rings (SSSR count). The van der Waals surface area contributed by atoms with E-state index in [-0.39, 0.29) is 0 Å². The highest BCUT2D eigenvalue weighted by Crippen LogP contribution is 2.18. The zero-order chi connectivity index (χ0) is 12.3. The second-order valence-electron chi connectivity index (χ2n) is 4.11. The first-order valence-electron chi connectivity index (χ1n) is 5.79. The first kappa shape index (κ1) is 11.8. The number of nitrogens with one attached hydrogen (secondary N) is 2. The van der Waals surface area contributed by atoms with Gasteiger partial charge < -0.3 is 15.4 Å². The average molecular weight is 235 g/mol. The van der Waals surface area contributed by atoms with Gasteiger partial charge in [0.05, 0.1) is 11.9 Å². The maximum absolute atomic E-state index is 10.2. The van der Waals surface area contributed by atoms with Crippen molar-refractivity contribution < 1.29 is 5.11 Å². The van der Waals surface area contributed by atoms with Gasteiger partial charge >= 0.3 is 0 Å². The Bertz CT molecular complexity index is 491. The second-order valence-corrected chi connectivity index (χ2v) is 4.11. The SMILES string of the molecule is CCC(O)(CC)CNc1ncnc2nc[nH]c12. The van der Waals surface area contributed by atoms with Crippen LogP contribution in [0.25, 0.3) is 11.2 Å². The second kappa shape index (κ2) is 4.67. The van der Waals surface area contributed by atoms with Crippen molar-refractivity contribution in [2.24, 2.45) is 0 Å². The maximum atomic E-state index is 10.2. The van der Waals surface area contributed by atoms with Gasteiger partial charge in [0.25, 0.3) is 0 Å². The van der Waals surface area contributed by atoms with Crippen molar-refractivity contribution >= 4 is 17.0 Å². The Morgan fingerprint density at radius 3 is 2.76 bits per heavy atom. The third-order valence-electron chi connectivity index (χ3n) is 3.12. The Morgan fingerprint density at radius 1 is 1.29 bits per heavy atom. The van der Waals surface area contributed by atoms with Crippen molar-refractivity contribution in [3.63, 3.8) is 0 Å². The first-order chi connectivity index (χ1) is 8.18. The zero-order valence-electron chi connectivity index (χ0n) is 10.1.